The van der Waals surface area contributed by atoms with Crippen molar-refractivity contribution in [1.29, 1.82) is 0 Å². The SMILES string of the molecule is COc1ccccc1-c1nnc(SC(C(=O)Nc2cc(C)ccc2C)c2ccccc2)n1C. The molecule has 1 atom stereocenters. The lowest BCUT2D eigenvalue weighted by Crippen LogP contribution is -2.20. The minimum Gasteiger partial charge on any atom is -0.496 e. The number of hydrogen-bond donors (Lipinski definition) is 1. The fraction of sp³-hybridized carbons (Fsp3) is 0.192. The Labute approximate surface area is 198 Å². The second-order valence-electron chi connectivity index (χ2n) is 7.78. The van der Waals surface area contributed by atoms with Crippen molar-refractivity contribution < 1.29 is 9.53 Å². The fourth-order valence-electron chi connectivity index (χ4n) is 3.56. The first-order valence-corrected chi connectivity index (χ1v) is 11.5. The van der Waals surface area contributed by atoms with Gasteiger partial charge in [0.05, 0.1) is 12.7 Å². The molecule has 0 bridgehead atoms. The number of ether oxygens (including phenoxy) is 1. The topological polar surface area (TPSA) is 69.0 Å². The Kier molecular flexibility index (Phi) is 6.79. The summed E-state index contributed by atoms with van der Waals surface area (Å²) in [6.45, 7) is 4.00. The maximum Gasteiger partial charge on any atom is 0.242 e. The first-order valence-electron chi connectivity index (χ1n) is 10.6. The molecule has 33 heavy (non-hydrogen) atoms. The second-order valence-corrected chi connectivity index (χ2v) is 8.85. The number of nitrogens with zero attached hydrogens (tertiary/aromatic N) is 3. The zero-order valence-corrected chi connectivity index (χ0v) is 19.9. The van der Waals surface area contributed by atoms with Crippen molar-refractivity contribution >= 4 is 23.4 Å². The van der Waals surface area contributed by atoms with Crippen LogP contribution in [0.1, 0.15) is 21.9 Å². The number of para-hydroxylation sites is 1. The molecule has 0 aliphatic heterocycles. The van der Waals surface area contributed by atoms with E-state index in [1.165, 1.54) is 11.8 Å². The zero-order chi connectivity index (χ0) is 23.4. The van der Waals surface area contributed by atoms with Crippen LogP contribution in [-0.2, 0) is 11.8 Å². The number of benzene rings is 3. The van der Waals surface area contributed by atoms with Crippen molar-refractivity contribution in [2.24, 2.45) is 7.05 Å². The first kappa shape index (κ1) is 22.6. The summed E-state index contributed by atoms with van der Waals surface area (Å²) >= 11 is 1.37. The summed E-state index contributed by atoms with van der Waals surface area (Å²) in [6, 6.07) is 23.4. The first-order chi connectivity index (χ1) is 16.0. The largest absolute Gasteiger partial charge is 0.496 e. The number of anilines is 1. The van der Waals surface area contributed by atoms with Crippen LogP contribution >= 0.6 is 11.8 Å². The van der Waals surface area contributed by atoms with E-state index < -0.39 is 5.25 Å². The van der Waals surface area contributed by atoms with Gasteiger partial charge < -0.3 is 14.6 Å². The third kappa shape index (κ3) is 4.93. The molecule has 3 aromatic carbocycles. The summed E-state index contributed by atoms with van der Waals surface area (Å²) in [5, 5.41) is 12.0. The van der Waals surface area contributed by atoms with Crippen LogP contribution in [0.15, 0.2) is 78.0 Å². The number of carbonyl (C=O) groups excluding carboxylic acids is 1. The van der Waals surface area contributed by atoms with Gasteiger partial charge in [0.15, 0.2) is 11.0 Å². The van der Waals surface area contributed by atoms with Gasteiger partial charge in [0.1, 0.15) is 11.0 Å². The van der Waals surface area contributed by atoms with Gasteiger partial charge in [-0.25, -0.2) is 0 Å². The number of carbonyl (C=O) groups is 1. The van der Waals surface area contributed by atoms with Crippen molar-refractivity contribution in [3.63, 3.8) is 0 Å². The predicted molar refractivity (Wildman–Crippen MR) is 133 cm³/mol. The maximum absolute atomic E-state index is 13.5. The quantitative estimate of drug-likeness (QED) is 0.366. The minimum absolute atomic E-state index is 0.109. The molecule has 0 aliphatic carbocycles. The Morgan fingerprint density at radius 2 is 1.73 bits per heavy atom. The maximum atomic E-state index is 13.5. The summed E-state index contributed by atoms with van der Waals surface area (Å²) in [5.41, 5.74) is 4.66. The van der Waals surface area contributed by atoms with Crippen molar-refractivity contribution in [2.75, 3.05) is 12.4 Å². The molecule has 0 saturated carbocycles. The van der Waals surface area contributed by atoms with E-state index in [4.69, 9.17) is 4.74 Å². The molecule has 1 amide bonds. The predicted octanol–water partition coefficient (Wildman–Crippen LogP) is 5.58. The molecule has 0 aliphatic rings. The van der Waals surface area contributed by atoms with Gasteiger partial charge >= 0.3 is 0 Å². The van der Waals surface area contributed by atoms with Gasteiger partial charge in [0.2, 0.25) is 5.91 Å². The number of aromatic nitrogens is 3. The van der Waals surface area contributed by atoms with Gasteiger partial charge in [-0.05, 0) is 48.7 Å². The number of hydrogen-bond acceptors (Lipinski definition) is 5. The third-order valence-electron chi connectivity index (χ3n) is 5.40. The molecule has 4 aromatic rings. The molecule has 1 aromatic heterocycles. The van der Waals surface area contributed by atoms with Gasteiger partial charge in [-0.2, -0.15) is 0 Å². The molecular weight excluding hydrogens is 432 g/mol. The smallest absolute Gasteiger partial charge is 0.242 e. The third-order valence-corrected chi connectivity index (χ3v) is 6.69. The number of nitrogens with one attached hydrogen (secondary N) is 1. The van der Waals surface area contributed by atoms with E-state index in [0.717, 1.165) is 33.7 Å². The highest BCUT2D eigenvalue weighted by molar-refractivity contribution is 8.00. The van der Waals surface area contributed by atoms with Crippen LogP contribution in [0.5, 0.6) is 5.75 Å². The molecule has 1 heterocycles. The number of aryl methyl sites for hydroxylation is 2. The fourth-order valence-corrected chi connectivity index (χ4v) is 4.56. The molecule has 0 radical (unpaired) electrons. The van der Waals surface area contributed by atoms with Crippen molar-refractivity contribution in [2.45, 2.75) is 24.3 Å². The average molecular weight is 459 g/mol. The van der Waals surface area contributed by atoms with Gasteiger partial charge in [-0.3, -0.25) is 4.79 Å². The molecule has 1 unspecified atom stereocenters. The Balaban J connectivity index is 1.66. The number of amides is 1. The lowest BCUT2D eigenvalue weighted by atomic mass is 10.1. The highest BCUT2D eigenvalue weighted by atomic mass is 32.2. The normalized spacial score (nSPS) is 11.8. The molecule has 1 N–H and O–H groups in total. The molecule has 0 fully saturated rings. The Morgan fingerprint density at radius 1 is 1.00 bits per heavy atom. The van der Waals surface area contributed by atoms with E-state index in [2.05, 4.69) is 15.5 Å². The molecular formula is C26H26N4O2S. The lowest BCUT2D eigenvalue weighted by molar-refractivity contribution is -0.115. The Morgan fingerprint density at radius 3 is 2.48 bits per heavy atom. The van der Waals surface area contributed by atoms with Crippen LogP contribution in [-0.4, -0.2) is 27.8 Å². The lowest BCUT2D eigenvalue weighted by Gasteiger charge is -2.18. The molecule has 168 valence electrons. The summed E-state index contributed by atoms with van der Waals surface area (Å²) in [6.07, 6.45) is 0. The van der Waals surface area contributed by atoms with E-state index in [0.29, 0.717) is 11.0 Å². The van der Waals surface area contributed by atoms with E-state index in [9.17, 15) is 4.79 Å². The van der Waals surface area contributed by atoms with Gasteiger partial charge in [-0.15, -0.1) is 10.2 Å². The van der Waals surface area contributed by atoms with E-state index in [1.54, 1.807) is 7.11 Å². The minimum atomic E-state index is -0.500. The highest BCUT2D eigenvalue weighted by Gasteiger charge is 2.26. The summed E-state index contributed by atoms with van der Waals surface area (Å²) in [4.78, 5) is 13.5. The highest BCUT2D eigenvalue weighted by Crippen LogP contribution is 2.37. The Hall–Kier alpha value is -3.58. The van der Waals surface area contributed by atoms with Crippen molar-refractivity contribution in [1.82, 2.24) is 14.8 Å². The zero-order valence-electron chi connectivity index (χ0n) is 19.1. The molecule has 0 saturated heterocycles. The number of rotatable bonds is 7. The average Bonchev–Trinajstić information content (AvgIpc) is 3.20. The number of methoxy groups -OCH3 is 1. The number of thioether (sulfide) groups is 1. The van der Waals surface area contributed by atoms with Crippen LogP contribution in [0.2, 0.25) is 0 Å². The van der Waals surface area contributed by atoms with E-state index in [1.807, 2.05) is 98.3 Å². The molecule has 4 rings (SSSR count). The van der Waals surface area contributed by atoms with Gasteiger partial charge in [-0.1, -0.05) is 66.4 Å². The molecule has 7 heteroatoms. The van der Waals surface area contributed by atoms with Crippen LogP contribution in [0, 0.1) is 13.8 Å². The monoisotopic (exact) mass is 458 g/mol. The summed E-state index contributed by atoms with van der Waals surface area (Å²) in [7, 11) is 3.53. The van der Waals surface area contributed by atoms with E-state index >= 15 is 0 Å². The van der Waals surface area contributed by atoms with Gasteiger partial charge in [0, 0.05) is 12.7 Å². The van der Waals surface area contributed by atoms with Crippen molar-refractivity contribution in [3.8, 4) is 17.1 Å². The molecule has 6 nitrogen and oxygen atoms in total. The summed E-state index contributed by atoms with van der Waals surface area (Å²) < 4.78 is 7.38. The van der Waals surface area contributed by atoms with Crippen LogP contribution < -0.4 is 10.1 Å². The van der Waals surface area contributed by atoms with E-state index in [-0.39, 0.29) is 5.91 Å². The van der Waals surface area contributed by atoms with Crippen LogP contribution in [0.4, 0.5) is 5.69 Å². The summed E-state index contributed by atoms with van der Waals surface area (Å²) in [5.74, 6) is 1.29. The Bertz CT molecular complexity index is 1270. The van der Waals surface area contributed by atoms with Gasteiger partial charge in [0.25, 0.3) is 0 Å². The second kappa shape index (κ2) is 9.92. The standard InChI is InChI=1S/C26H26N4O2S/c1-17-14-15-18(2)21(16-17)27-25(31)23(19-10-6-5-7-11-19)33-26-29-28-24(30(26)3)20-12-8-9-13-22(20)32-4/h5-16,23H,1-4H3,(H,27,31). The van der Waals surface area contributed by atoms with Crippen molar-refractivity contribution in [3.05, 3.63) is 89.5 Å². The van der Waals surface area contributed by atoms with Crippen LogP contribution in [0.25, 0.3) is 11.4 Å². The van der Waals surface area contributed by atoms with Crippen LogP contribution in [0.3, 0.4) is 0 Å². The molecule has 0 spiro atoms.